The average Bonchev–Trinajstić information content (AvgIpc) is 2.84. The fourth-order valence-corrected chi connectivity index (χ4v) is 3.53. The monoisotopic (exact) mass is 440 g/mol. The van der Waals surface area contributed by atoms with Crippen LogP contribution in [0.5, 0.6) is 5.75 Å². The van der Waals surface area contributed by atoms with E-state index in [4.69, 9.17) is 14.5 Å². The second-order valence-electron chi connectivity index (χ2n) is 7.28. The molecule has 1 amide bonds. The van der Waals surface area contributed by atoms with Crippen molar-refractivity contribution in [2.45, 2.75) is 13.8 Å². The Kier molecular flexibility index (Phi) is 6.64. The molecule has 0 saturated carbocycles. The second-order valence-corrected chi connectivity index (χ2v) is 7.28. The third kappa shape index (κ3) is 5.01. The molecule has 0 atom stereocenters. The number of hydrogen-bond donors (Lipinski definition) is 1. The summed E-state index contributed by atoms with van der Waals surface area (Å²) in [7, 11) is 0. The first-order valence-corrected chi connectivity index (χ1v) is 10.8. The van der Waals surface area contributed by atoms with E-state index in [1.165, 1.54) is 0 Å². The number of para-hydroxylation sites is 1. The van der Waals surface area contributed by atoms with Crippen molar-refractivity contribution in [1.29, 1.82) is 0 Å². The zero-order chi connectivity index (χ0) is 23.2. The maximum atomic E-state index is 13.2. The first-order chi connectivity index (χ1) is 16.1. The SMILES string of the molecule is CCOC(=O)c1ccc(NC(=O)c2cc(-c3cccc(OCC)c3)nc3ccccc23)cc1. The van der Waals surface area contributed by atoms with E-state index in [0.29, 0.717) is 35.7 Å². The highest BCUT2D eigenvalue weighted by Crippen LogP contribution is 2.28. The van der Waals surface area contributed by atoms with Gasteiger partial charge in [0.1, 0.15) is 5.75 Å². The third-order valence-electron chi connectivity index (χ3n) is 5.06. The Morgan fingerprint density at radius 2 is 1.67 bits per heavy atom. The molecule has 6 heteroatoms. The molecule has 6 nitrogen and oxygen atoms in total. The van der Waals surface area contributed by atoms with E-state index >= 15 is 0 Å². The highest BCUT2D eigenvalue weighted by atomic mass is 16.5. The van der Waals surface area contributed by atoms with Crippen LogP contribution in [0.3, 0.4) is 0 Å². The van der Waals surface area contributed by atoms with Gasteiger partial charge in [0.15, 0.2) is 0 Å². The van der Waals surface area contributed by atoms with Crippen molar-refractivity contribution >= 4 is 28.5 Å². The average molecular weight is 440 g/mol. The number of esters is 1. The van der Waals surface area contributed by atoms with Gasteiger partial charge in [-0.25, -0.2) is 9.78 Å². The largest absolute Gasteiger partial charge is 0.494 e. The molecular formula is C27H24N2O4. The lowest BCUT2D eigenvalue weighted by atomic mass is 10.0. The maximum Gasteiger partial charge on any atom is 0.338 e. The molecule has 1 N–H and O–H groups in total. The van der Waals surface area contributed by atoms with E-state index < -0.39 is 5.97 Å². The standard InChI is InChI=1S/C27H24N2O4/c1-3-32-21-9-7-8-19(16-21)25-17-23(22-10-5-6-11-24(22)29-25)26(30)28-20-14-12-18(13-15-20)27(31)33-4-2/h5-17H,3-4H2,1-2H3,(H,28,30). The van der Waals surface area contributed by atoms with Crippen molar-refractivity contribution in [1.82, 2.24) is 4.98 Å². The van der Waals surface area contributed by atoms with E-state index in [0.717, 1.165) is 22.2 Å². The van der Waals surface area contributed by atoms with Gasteiger partial charge in [0.2, 0.25) is 0 Å². The van der Waals surface area contributed by atoms with Gasteiger partial charge in [-0.15, -0.1) is 0 Å². The van der Waals surface area contributed by atoms with E-state index in [-0.39, 0.29) is 5.91 Å². The van der Waals surface area contributed by atoms with E-state index in [2.05, 4.69) is 5.32 Å². The zero-order valence-corrected chi connectivity index (χ0v) is 18.5. The van der Waals surface area contributed by atoms with Gasteiger partial charge in [0.05, 0.1) is 35.6 Å². The van der Waals surface area contributed by atoms with Gasteiger partial charge >= 0.3 is 5.97 Å². The van der Waals surface area contributed by atoms with Crippen LogP contribution >= 0.6 is 0 Å². The molecular weight excluding hydrogens is 416 g/mol. The number of nitrogens with one attached hydrogen (secondary N) is 1. The fourth-order valence-electron chi connectivity index (χ4n) is 3.53. The molecule has 0 fully saturated rings. The van der Waals surface area contributed by atoms with Crippen molar-refractivity contribution in [3.63, 3.8) is 0 Å². The molecule has 4 aromatic rings. The molecule has 1 aromatic heterocycles. The number of rotatable bonds is 7. The predicted molar refractivity (Wildman–Crippen MR) is 129 cm³/mol. The summed E-state index contributed by atoms with van der Waals surface area (Å²) < 4.78 is 10.6. The molecule has 3 aromatic carbocycles. The molecule has 33 heavy (non-hydrogen) atoms. The number of aromatic nitrogens is 1. The summed E-state index contributed by atoms with van der Waals surface area (Å²) in [6.07, 6.45) is 0. The van der Waals surface area contributed by atoms with Gasteiger partial charge in [-0.2, -0.15) is 0 Å². The lowest BCUT2D eigenvalue weighted by Crippen LogP contribution is -2.13. The molecule has 0 unspecified atom stereocenters. The number of fused-ring (bicyclic) bond motifs is 1. The number of anilines is 1. The molecule has 0 saturated heterocycles. The van der Waals surface area contributed by atoms with Crippen LogP contribution in [0, 0.1) is 0 Å². The van der Waals surface area contributed by atoms with Crippen LogP contribution in [-0.2, 0) is 4.74 Å². The first kappa shape index (κ1) is 22.0. The molecule has 1 heterocycles. The second kappa shape index (κ2) is 9.96. The molecule has 0 radical (unpaired) electrons. The Balaban J connectivity index is 1.67. The summed E-state index contributed by atoms with van der Waals surface area (Å²) >= 11 is 0. The van der Waals surface area contributed by atoms with Gasteiger partial charge in [-0.3, -0.25) is 4.79 Å². The summed E-state index contributed by atoms with van der Waals surface area (Å²) in [6.45, 7) is 4.56. The predicted octanol–water partition coefficient (Wildman–Crippen LogP) is 5.73. The zero-order valence-electron chi connectivity index (χ0n) is 18.5. The van der Waals surface area contributed by atoms with Crippen LogP contribution in [-0.4, -0.2) is 30.1 Å². The van der Waals surface area contributed by atoms with Crippen LogP contribution in [0.25, 0.3) is 22.2 Å². The number of carbonyl (C=O) groups is 2. The van der Waals surface area contributed by atoms with Crippen molar-refractivity contribution in [2.24, 2.45) is 0 Å². The molecule has 0 aliphatic carbocycles. The molecule has 0 spiro atoms. The summed E-state index contributed by atoms with van der Waals surface area (Å²) in [5.74, 6) is 0.0896. The summed E-state index contributed by atoms with van der Waals surface area (Å²) in [6, 6.07) is 23.6. The third-order valence-corrected chi connectivity index (χ3v) is 5.06. The smallest absolute Gasteiger partial charge is 0.338 e. The number of amides is 1. The number of hydrogen-bond acceptors (Lipinski definition) is 5. The molecule has 0 bridgehead atoms. The van der Waals surface area contributed by atoms with Gasteiger partial charge < -0.3 is 14.8 Å². The number of carbonyl (C=O) groups excluding carboxylic acids is 2. The number of ether oxygens (including phenoxy) is 2. The van der Waals surface area contributed by atoms with Gasteiger partial charge in [-0.05, 0) is 62.4 Å². The molecule has 0 aliphatic rings. The highest BCUT2D eigenvalue weighted by Gasteiger charge is 2.15. The van der Waals surface area contributed by atoms with Crippen LogP contribution in [0.4, 0.5) is 5.69 Å². The minimum Gasteiger partial charge on any atom is -0.494 e. The minimum absolute atomic E-state index is 0.264. The van der Waals surface area contributed by atoms with E-state index in [1.54, 1.807) is 37.3 Å². The van der Waals surface area contributed by atoms with Crippen molar-refractivity contribution < 1.29 is 19.1 Å². The van der Waals surface area contributed by atoms with Crippen LogP contribution < -0.4 is 10.1 Å². The van der Waals surface area contributed by atoms with Crippen LogP contribution in [0.1, 0.15) is 34.6 Å². The molecule has 4 rings (SSSR count). The minimum atomic E-state index is -0.394. The van der Waals surface area contributed by atoms with Crippen molar-refractivity contribution in [3.8, 4) is 17.0 Å². The number of nitrogens with zero attached hydrogens (tertiary/aromatic N) is 1. The molecule has 166 valence electrons. The fraction of sp³-hybridized carbons (Fsp3) is 0.148. The summed E-state index contributed by atoms with van der Waals surface area (Å²) in [4.78, 5) is 29.9. The van der Waals surface area contributed by atoms with Gasteiger partial charge in [-0.1, -0.05) is 30.3 Å². The summed E-state index contributed by atoms with van der Waals surface area (Å²) in [5, 5.41) is 3.67. The summed E-state index contributed by atoms with van der Waals surface area (Å²) in [5.41, 5.74) is 3.78. The van der Waals surface area contributed by atoms with Gasteiger partial charge in [0, 0.05) is 16.6 Å². The van der Waals surface area contributed by atoms with Crippen molar-refractivity contribution in [2.75, 3.05) is 18.5 Å². The number of benzene rings is 3. The Morgan fingerprint density at radius 1 is 0.879 bits per heavy atom. The maximum absolute atomic E-state index is 13.2. The highest BCUT2D eigenvalue weighted by molar-refractivity contribution is 6.13. The number of pyridine rings is 1. The lowest BCUT2D eigenvalue weighted by molar-refractivity contribution is 0.0526. The first-order valence-electron chi connectivity index (χ1n) is 10.8. The van der Waals surface area contributed by atoms with Crippen molar-refractivity contribution in [3.05, 3.63) is 90.0 Å². The van der Waals surface area contributed by atoms with E-state index in [1.807, 2.05) is 55.5 Å². The lowest BCUT2D eigenvalue weighted by Gasteiger charge is -2.12. The Hall–Kier alpha value is -4.19. The van der Waals surface area contributed by atoms with Gasteiger partial charge in [0.25, 0.3) is 5.91 Å². The topological polar surface area (TPSA) is 77.5 Å². The quantitative estimate of drug-likeness (QED) is 0.371. The Bertz CT molecular complexity index is 1300. The van der Waals surface area contributed by atoms with E-state index in [9.17, 15) is 9.59 Å². The normalized spacial score (nSPS) is 10.6. The molecule has 0 aliphatic heterocycles. The Labute approximate surface area is 192 Å². The van der Waals surface area contributed by atoms with Crippen LogP contribution in [0.2, 0.25) is 0 Å². The Morgan fingerprint density at radius 3 is 2.42 bits per heavy atom. The van der Waals surface area contributed by atoms with Crippen LogP contribution in [0.15, 0.2) is 78.9 Å².